The minimum Gasteiger partial charge on any atom is -0.497 e. The van der Waals surface area contributed by atoms with E-state index in [4.69, 9.17) is 9.72 Å². The quantitative estimate of drug-likeness (QED) is 0.528. The van der Waals surface area contributed by atoms with Gasteiger partial charge in [0, 0.05) is 16.6 Å². The van der Waals surface area contributed by atoms with Crippen LogP contribution < -0.4 is 10.1 Å². The van der Waals surface area contributed by atoms with Crippen LogP contribution in [0.15, 0.2) is 66.7 Å². The van der Waals surface area contributed by atoms with Gasteiger partial charge < -0.3 is 10.1 Å². The van der Waals surface area contributed by atoms with Gasteiger partial charge >= 0.3 is 0 Å². The Morgan fingerprint density at radius 1 is 0.931 bits per heavy atom. The SMILES string of the molecule is COc1cccc(-c2cc(C(=O)Nc3cc(C)cc(C)n3)c3ccccc3n2)c1. The Morgan fingerprint density at radius 3 is 2.55 bits per heavy atom. The topological polar surface area (TPSA) is 64.1 Å². The molecule has 0 bridgehead atoms. The summed E-state index contributed by atoms with van der Waals surface area (Å²) in [6.45, 7) is 3.89. The van der Waals surface area contributed by atoms with Gasteiger partial charge in [-0.25, -0.2) is 9.97 Å². The molecule has 0 radical (unpaired) electrons. The van der Waals surface area contributed by atoms with E-state index in [1.807, 2.05) is 80.6 Å². The van der Waals surface area contributed by atoms with Crippen molar-refractivity contribution < 1.29 is 9.53 Å². The second-order valence-corrected chi connectivity index (χ2v) is 6.93. The molecule has 29 heavy (non-hydrogen) atoms. The first-order valence-electron chi connectivity index (χ1n) is 9.34. The Bertz CT molecular complexity index is 1200. The van der Waals surface area contributed by atoms with Crippen LogP contribution in [0.4, 0.5) is 5.82 Å². The Morgan fingerprint density at radius 2 is 1.76 bits per heavy atom. The summed E-state index contributed by atoms with van der Waals surface area (Å²) in [7, 11) is 1.63. The van der Waals surface area contributed by atoms with Crippen LogP contribution in [0.3, 0.4) is 0 Å². The predicted octanol–water partition coefficient (Wildman–Crippen LogP) is 5.17. The lowest BCUT2D eigenvalue weighted by Gasteiger charge is -2.11. The van der Waals surface area contributed by atoms with Crippen molar-refractivity contribution in [2.75, 3.05) is 12.4 Å². The highest BCUT2D eigenvalue weighted by Crippen LogP contribution is 2.27. The molecule has 0 atom stereocenters. The summed E-state index contributed by atoms with van der Waals surface area (Å²) in [5.41, 5.74) is 4.80. The lowest BCUT2D eigenvalue weighted by atomic mass is 10.0. The van der Waals surface area contributed by atoms with Gasteiger partial charge in [0.25, 0.3) is 5.91 Å². The molecule has 2 heterocycles. The van der Waals surface area contributed by atoms with Crippen LogP contribution in [0.5, 0.6) is 5.75 Å². The number of rotatable bonds is 4. The maximum atomic E-state index is 13.2. The zero-order valence-electron chi connectivity index (χ0n) is 16.6. The molecule has 5 heteroatoms. The summed E-state index contributed by atoms with van der Waals surface area (Å²) in [4.78, 5) is 22.3. The second-order valence-electron chi connectivity index (χ2n) is 6.93. The lowest BCUT2D eigenvalue weighted by Crippen LogP contribution is -2.14. The number of para-hydroxylation sites is 1. The van der Waals surface area contributed by atoms with E-state index < -0.39 is 0 Å². The average molecular weight is 383 g/mol. The summed E-state index contributed by atoms with van der Waals surface area (Å²) in [6.07, 6.45) is 0. The van der Waals surface area contributed by atoms with Crippen LogP contribution in [-0.2, 0) is 0 Å². The molecule has 4 aromatic rings. The van der Waals surface area contributed by atoms with Crippen LogP contribution in [0.2, 0.25) is 0 Å². The van der Waals surface area contributed by atoms with Gasteiger partial charge in [0.2, 0.25) is 0 Å². The Kier molecular flexibility index (Phi) is 4.96. The fraction of sp³-hybridized carbons (Fsp3) is 0.125. The van der Waals surface area contributed by atoms with Crippen molar-refractivity contribution in [3.05, 3.63) is 83.6 Å². The van der Waals surface area contributed by atoms with Crippen LogP contribution >= 0.6 is 0 Å². The van der Waals surface area contributed by atoms with E-state index >= 15 is 0 Å². The van der Waals surface area contributed by atoms with E-state index in [2.05, 4.69) is 10.3 Å². The van der Waals surface area contributed by atoms with E-state index in [0.29, 0.717) is 17.1 Å². The van der Waals surface area contributed by atoms with Gasteiger partial charge in [-0.1, -0.05) is 30.3 Å². The van der Waals surface area contributed by atoms with Crippen molar-refractivity contribution >= 4 is 22.6 Å². The van der Waals surface area contributed by atoms with Crippen molar-refractivity contribution in [1.29, 1.82) is 0 Å². The number of benzene rings is 2. The van der Waals surface area contributed by atoms with Gasteiger partial charge in [-0.15, -0.1) is 0 Å². The Balaban J connectivity index is 1.81. The van der Waals surface area contributed by atoms with Crippen molar-refractivity contribution in [2.24, 2.45) is 0 Å². The molecule has 2 aromatic carbocycles. The fourth-order valence-corrected chi connectivity index (χ4v) is 3.38. The first-order valence-corrected chi connectivity index (χ1v) is 9.34. The number of hydrogen-bond donors (Lipinski definition) is 1. The summed E-state index contributed by atoms with van der Waals surface area (Å²) in [5.74, 6) is 1.06. The largest absolute Gasteiger partial charge is 0.497 e. The number of aryl methyl sites for hydroxylation is 2. The smallest absolute Gasteiger partial charge is 0.257 e. The van der Waals surface area contributed by atoms with Gasteiger partial charge in [0.15, 0.2) is 0 Å². The number of amides is 1. The number of pyridine rings is 2. The maximum absolute atomic E-state index is 13.2. The van der Waals surface area contributed by atoms with Crippen LogP contribution in [0.25, 0.3) is 22.2 Å². The van der Waals surface area contributed by atoms with E-state index in [0.717, 1.165) is 33.5 Å². The molecule has 0 aliphatic carbocycles. The maximum Gasteiger partial charge on any atom is 0.257 e. The molecule has 0 fully saturated rings. The van der Waals surface area contributed by atoms with Crippen molar-refractivity contribution in [1.82, 2.24) is 9.97 Å². The Hall–Kier alpha value is -3.73. The van der Waals surface area contributed by atoms with Crippen molar-refractivity contribution in [3.63, 3.8) is 0 Å². The van der Waals surface area contributed by atoms with Gasteiger partial charge in [-0.05, 0) is 55.8 Å². The normalized spacial score (nSPS) is 10.7. The number of ether oxygens (including phenoxy) is 1. The van der Waals surface area contributed by atoms with Crippen LogP contribution in [0.1, 0.15) is 21.6 Å². The molecule has 144 valence electrons. The average Bonchev–Trinajstić information content (AvgIpc) is 2.72. The van der Waals surface area contributed by atoms with Gasteiger partial charge in [0.05, 0.1) is 23.9 Å². The lowest BCUT2D eigenvalue weighted by molar-refractivity contribution is 0.102. The predicted molar refractivity (Wildman–Crippen MR) is 115 cm³/mol. The summed E-state index contributed by atoms with van der Waals surface area (Å²) in [5, 5.41) is 3.72. The van der Waals surface area contributed by atoms with Crippen LogP contribution in [0, 0.1) is 13.8 Å². The molecule has 1 amide bonds. The highest BCUT2D eigenvalue weighted by Gasteiger charge is 2.15. The zero-order chi connectivity index (χ0) is 20.4. The number of hydrogen-bond acceptors (Lipinski definition) is 4. The molecule has 0 saturated carbocycles. The number of carbonyl (C=O) groups is 1. The van der Waals surface area contributed by atoms with Crippen LogP contribution in [-0.4, -0.2) is 23.0 Å². The third-order valence-electron chi connectivity index (χ3n) is 4.67. The number of nitrogens with zero attached hydrogens (tertiary/aromatic N) is 2. The molecular weight excluding hydrogens is 362 g/mol. The molecule has 0 aliphatic rings. The summed E-state index contributed by atoms with van der Waals surface area (Å²) >= 11 is 0. The standard InChI is InChI=1S/C24H21N3O2/c1-15-11-16(2)25-23(12-15)27-24(28)20-14-22(17-7-6-8-18(13-17)29-3)26-21-10-5-4-9-19(20)21/h4-14H,1-3H3,(H,25,27,28). The molecular formula is C24H21N3O2. The number of nitrogens with one attached hydrogen (secondary N) is 1. The van der Waals surface area contributed by atoms with Crippen molar-refractivity contribution in [2.45, 2.75) is 13.8 Å². The fourth-order valence-electron chi connectivity index (χ4n) is 3.38. The Labute approximate surface area is 169 Å². The number of anilines is 1. The number of methoxy groups -OCH3 is 1. The molecule has 1 N–H and O–H groups in total. The first-order chi connectivity index (χ1) is 14.0. The van der Waals surface area contributed by atoms with Gasteiger partial charge in [-0.3, -0.25) is 4.79 Å². The van der Waals surface area contributed by atoms with Crippen molar-refractivity contribution in [3.8, 4) is 17.0 Å². The van der Waals surface area contributed by atoms with Gasteiger partial charge in [0.1, 0.15) is 11.6 Å². The third-order valence-corrected chi connectivity index (χ3v) is 4.67. The van der Waals surface area contributed by atoms with Gasteiger partial charge in [-0.2, -0.15) is 0 Å². The third kappa shape index (κ3) is 3.94. The minimum atomic E-state index is -0.217. The molecule has 5 nitrogen and oxygen atoms in total. The highest BCUT2D eigenvalue weighted by molar-refractivity contribution is 6.12. The molecule has 0 spiro atoms. The molecule has 0 unspecified atom stereocenters. The summed E-state index contributed by atoms with van der Waals surface area (Å²) in [6, 6.07) is 20.9. The molecule has 0 aliphatic heterocycles. The first kappa shape index (κ1) is 18.6. The number of carbonyl (C=O) groups excluding carboxylic acids is 1. The molecule has 0 saturated heterocycles. The zero-order valence-corrected chi connectivity index (χ0v) is 16.6. The molecule has 2 aromatic heterocycles. The van der Waals surface area contributed by atoms with E-state index in [1.54, 1.807) is 7.11 Å². The number of fused-ring (bicyclic) bond motifs is 1. The van der Waals surface area contributed by atoms with E-state index in [-0.39, 0.29) is 5.91 Å². The monoisotopic (exact) mass is 383 g/mol. The van der Waals surface area contributed by atoms with E-state index in [1.165, 1.54) is 0 Å². The second kappa shape index (κ2) is 7.72. The number of aromatic nitrogens is 2. The minimum absolute atomic E-state index is 0.217. The van der Waals surface area contributed by atoms with E-state index in [9.17, 15) is 4.79 Å². The molecule has 4 rings (SSSR count). The highest BCUT2D eigenvalue weighted by atomic mass is 16.5. The summed E-state index contributed by atoms with van der Waals surface area (Å²) < 4.78 is 5.33.